The minimum absolute atomic E-state index is 0.365. The lowest BCUT2D eigenvalue weighted by atomic mass is 9.98. The number of aliphatic hydroxyl groups is 1. The largest absolute Gasteiger partial charge is 0.395 e. The van der Waals surface area contributed by atoms with Gasteiger partial charge >= 0.3 is 0 Å². The second-order valence-corrected chi connectivity index (χ2v) is 5.64. The van der Waals surface area contributed by atoms with Crippen LogP contribution in [0.2, 0.25) is 0 Å². The van der Waals surface area contributed by atoms with Gasteiger partial charge in [-0.2, -0.15) is 11.8 Å². The number of rotatable bonds is 2. The summed E-state index contributed by atoms with van der Waals surface area (Å²) >= 11 is 2.08. The first-order valence-electron chi connectivity index (χ1n) is 5.86. The van der Waals surface area contributed by atoms with Gasteiger partial charge in [0.15, 0.2) is 0 Å². The molecule has 3 heteroatoms. The lowest BCUT2D eigenvalue weighted by Crippen LogP contribution is -2.49. The van der Waals surface area contributed by atoms with Crippen molar-refractivity contribution in [3.8, 4) is 0 Å². The third kappa shape index (κ3) is 2.44. The Morgan fingerprint density at radius 1 is 1.14 bits per heavy atom. The molecule has 2 saturated heterocycles. The Balaban J connectivity index is 1.91. The average Bonchev–Trinajstić information content (AvgIpc) is 2.30. The third-order valence-electron chi connectivity index (χ3n) is 3.54. The van der Waals surface area contributed by atoms with Crippen LogP contribution in [0, 0.1) is 0 Å². The molecule has 2 nitrogen and oxygen atoms in total. The molecule has 82 valence electrons. The summed E-state index contributed by atoms with van der Waals surface area (Å²) in [6.45, 7) is 1.59. The van der Waals surface area contributed by atoms with E-state index < -0.39 is 0 Å². The molecular weight excluding hydrogens is 194 g/mol. The minimum atomic E-state index is 0.365. The maximum Gasteiger partial charge on any atom is 0.0586 e. The van der Waals surface area contributed by atoms with E-state index in [1.165, 1.54) is 50.2 Å². The van der Waals surface area contributed by atoms with Gasteiger partial charge in [0, 0.05) is 12.1 Å². The molecule has 0 aromatic carbocycles. The van der Waals surface area contributed by atoms with Crippen LogP contribution in [-0.4, -0.2) is 46.7 Å². The third-order valence-corrected chi connectivity index (χ3v) is 4.59. The van der Waals surface area contributed by atoms with Crippen molar-refractivity contribution in [1.29, 1.82) is 0 Å². The average molecular weight is 215 g/mol. The standard InChI is InChI=1S/C11H21NOS/c13-9-11-3-1-2-6-12(11)10-4-7-14-8-5-10/h10-11,13H,1-9H2. The van der Waals surface area contributed by atoms with Crippen LogP contribution < -0.4 is 0 Å². The van der Waals surface area contributed by atoms with Gasteiger partial charge in [-0.1, -0.05) is 6.42 Å². The van der Waals surface area contributed by atoms with E-state index in [-0.39, 0.29) is 0 Å². The van der Waals surface area contributed by atoms with Crippen molar-refractivity contribution in [2.24, 2.45) is 0 Å². The van der Waals surface area contributed by atoms with Gasteiger partial charge in [-0.25, -0.2) is 0 Å². The predicted molar refractivity (Wildman–Crippen MR) is 61.8 cm³/mol. The Morgan fingerprint density at radius 2 is 1.93 bits per heavy atom. The molecule has 0 spiro atoms. The molecule has 0 radical (unpaired) electrons. The molecule has 0 aromatic rings. The van der Waals surface area contributed by atoms with E-state index in [0.717, 1.165) is 6.04 Å². The Morgan fingerprint density at radius 3 is 2.64 bits per heavy atom. The number of hydrogen-bond donors (Lipinski definition) is 1. The monoisotopic (exact) mass is 215 g/mol. The smallest absolute Gasteiger partial charge is 0.0586 e. The van der Waals surface area contributed by atoms with E-state index in [4.69, 9.17) is 0 Å². The van der Waals surface area contributed by atoms with Gasteiger partial charge < -0.3 is 5.11 Å². The maximum atomic E-state index is 9.35. The molecule has 0 bridgehead atoms. The first-order valence-corrected chi connectivity index (χ1v) is 7.01. The van der Waals surface area contributed by atoms with Crippen LogP contribution in [-0.2, 0) is 0 Å². The van der Waals surface area contributed by atoms with Crippen molar-refractivity contribution in [2.45, 2.75) is 44.2 Å². The number of piperidine rings is 1. The minimum Gasteiger partial charge on any atom is -0.395 e. The van der Waals surface area contributed by atoms with Gasteiger partial charge in [0.2, 0.25) is 0 Å². The van der Waals surface area contributed by atoms with Gasteiger partial charge in [0.05, 0.1) is 6.61 Å². The number of aliphatic hydroxyl groups excluding tert-OH is 1. The highest BCUT2D eigenvalue weighted by Crippen LogP contribution is 2.27. The fourth-order valence-electron chi connectivity index (χ4n) is 2.72. The summed E-state index contributed by atoms with van der Waals surface area (Å²) in [5.41, 5.74) is 0. The second kappa shape index (κ2) is 5.38. The Kier molecular flexibility index (Phi) is 4.14. The molecule has 2 fully saturated rings. The predicted octanol–water partition coefficient (Wildman–Crippen LogP) is 1.73. The molecule has 1 unspecified atom stereocenters. The lowest BCUT2D eigenvalue weighted by Gasteiger charge is -2.42. The second-order valence-electron chi connectivity index (χ2n) is 4.41. The summed E-state index contributed by atoms with van der Waals surface area (Å²) < 4.78 is 0. The maximum absolute atomic E-state index is 9.35. The molecular formula is C11H21NOS. The zero-order valence-electron chi connectivity index (χ0n) is 8.82. The normalized spacial score (nSPS) is 31.9. The quantitative estimate of drug-likeness (QED) is 0.759. The molecule has 0 aromatic heterocycles. The van der Waals surface area contributed by atoms with Gasteiger partial charge in [0.25, 0.3) is 0 Å². The van der Waals surface area contributed by atoms with Crippen LogP contribution in [0.1, 0.15) is 32.1 Å². The van der Waals surface area contributed by atoms with Crippen molar-refractivity contribution in [1.82, 2.24) is 4.90 Å². The number of hydrogen-bond acceptors (Lipinski definition) is 3. The molecule has 2 aliphatic heterocycles. The van der Waals surface area contributed by atoms with E-state index >= 15 is 0 Å². The van der Waals surface area contributed by atoms with Crippen LogP contribution in [0.15, 0.2) is 0 Å². The highest BCUT2D eigenvalue weighted by molar-refractivity contribution is 7.99. The fourth-order valence-corrected chi connectivity index (χ4v) is 3.80. The molecule has 2 rings (SSSR count). The summed E-state index contributed by atoms with van der Waals surface area (Å²) in [7, 11) is 0. The zero-order chi connectivity index (χ0) is 9.80. The van der Waals surface area contributed by atoms with Gasteiger partial charge in [-0.3, -0.25) is 4.90 Å². The van der Waals surface area contributed by atoms with Crippen molar-refractivity contribution in [3.05, 3.63) is 0 Å². The number of likely N-dealkylation sites (tertiary alicyclic amines) is 1. The van der Waals surface area contributed by atoms with E-state index in [9.17, 15) is 5.11 Å². The lowest BCUT2D eigenvalue weighted by molar-refractivity contribution is 0.0496. The topological polar surface area (TPSA) is 23.5 Å². The summed E-state index contributed by atoms with van der Waals surface area (Å²) in [6, 6.07) is 1.24. The highest BCUT2D eigenvalue weighted by Gasteiger charge is 2.29. The highest BCUT2D eigenvalue weighted by atomic mass is 32.2. The number of thioether (sulfide) groups is 1. The Labute approximate surface area is 91.1 Å². The molecule has 0 aliphatic carbocycles. The first-order chi connectivity index (χ1) is 6.92. The molecule has 2 aliphatic rings. The zero-order valence-corrected chi connectivity index (χ0v) is 9.64. The summed E-state index contributed by atoms with van der Waals surface area (Å²) in [5, 5.41) is 9.35. The van der Waals surface area contributed by atoms with Crippen LogP contribution in [0.3, 0.4) is 0 Å². The molecule has 1 N–H and O–H groups in total. The summed E-state index contributed by atoms with van der Waals surface area (Å²) in [6.07, 6.45) is 6.52. The number of nitrogens with zero attached hydrogens (tertiary/aromatic N) is 1. The van der Waals surface area contributed by atoms with E-state index in [1.54, 1.807) is 0 Å². The van der Waals surface area contributed by atoms with Crippen LogP contribution in [0.4, 0.5) is 0 Å². The van der Waals surface area contributed by atoms with Crippen LogP contribution in [0.5, 0.6) is 0 Å². The van der Waals surface area contributed by atoms with Gasteiger partial charge in [-0.05, 0) is 43.7 Å². The Hall–Kier alpha value is 0.270. The van der Waals surface area contributed by atoms with E-state index in [1.807, 2.05) is 0 Å². The van der Waals surface area contributed by atoms with E-state index in [0.29, 0.717) is 12.6 Å². The molecule has 2 heterocycles. The molecule has 0 amide bonds. The summed E-state index contributed by atoms with van der Waals surface area (Å²) in [4.78, 5) is 2.59. The fraction of sp³-hybridized carbons (Fsp3) is 1.00. The summed E-state index contributed by atoms with van der Waals surface area (Å²) in [5.74, 6) is 2.64. The van der Waals surface area contributed by atoms with Crippen LogP contribution in [0.25, 0.3) is 0 Å². The Bertz CT molecular complexity index is 171. The van der Waals surface area contributed by atoms with Gasteiger partial charge in [0.1, 0.15) is 0 Å². The SMILES string of the molecule is OCC1CCCCN1C1CCSCC1. The molecule has 0 saturated carbocycles. The van der Waals surface area contributed by atoms with Crippen molar-refractivity contribution < 1.29 is 5.11 Å². The van der Waals surface area contributed by atoms with Crippen molar-refractivity contribution in [3.63, 3.8) is 0 Å². The van der Waals surface area contributed by atoms with Gasteiger partial charge in [-0.15, -0.1) is 0 Å². The van der Waals surface area contributed by atoms with E-state index in [2.05, 4.69) is 16.7 Å². The molecule has 1 atom stereocenters. The molecule has 14 heavy (non-hydrogen) atoms. The van der Waals surface area contributed by atoms with Crippen molar-refractivity contribution in [2.75, 3.05) is 24.7 Å². The van der Waals surface area contributed by atoms with Crippen molar-refractivity contribution >= 4 is 11.8 Å². The first kappa shape index (κ1) is 10.8. The van der Waals surface area contributed by atoms with Crippen LogP contribution >= 0.6 is 11.8 Å².